The second kappa shape index (κ2) is 7.24. The zero-order valence-corrected chi connectivity index (χ0v) is 11.8. The fraction of sp³-hybridized carbons (Fsp3) is 0.538. The molecule has 96 valence electrons. The zero-order chi connectivity index (χ0) is 12.8. The lowest BCUT2D eigenvalue weighted by molar-refractivity contribution is 0.597. The Balaban J connectivity index is 2.44. The summed E-state index contributed by atoms with van der Waals surface area (Å²) < 4.78 is 13.5. The first-order valence-electron chi connectivity index (χ1n) is 5.76. The topological polar surface area (TPSA) is 26.0 Å². The SMILES string of the molecule is CC(C)CSCC(N)Cc1cc(Cl)ccc1F. The van der Waals surface area contributed by atoms with Crippen LogP contribution in [0, 0.1) is 11.7 Å². The average molecular weight is 276 g/mol. The number of hydrogen-bond acceptors (Lipinski definition) is 2. The smallest absolute Gasteiger partial charge is 0.126 e. The van der Waals surface area contributed by atoms with Crippen LogP contribution in [0.15, 0.2) is 18.2 Å². The highest BCUT2D eigenvalue weighted by Crippen LogP contribution is 2.17. The number of thioether (sulfide) groups is 1. The van der Waals surface area contributed by atoms with Crippen LogP contribution in [0.1, 0.15) is 19.4 Å². The molecular formula is C13H19ClFNS. The summed E-state index contributed by atoms with van der Waals surface area (Å²) >= 11 is 7.65. The molecule has 0 aliphatic rings. The van der Waals surface area contributed by atoms with Gasteiger partial charge in [-0.1, -0.05) is 25.4 Å². The van der Waals surface area contributed by atoms with Crippen molar-refractivity contribution in [3.8, 4) is 0 Å². The lowest BCUT2D eigenvalue weighted by Crippen LogP contribution is -2.26. The van der Waals surface area contributed by atoms with Gasteiger partial charge in [-0.05, 0) is 41.9 Å². The van der Waals surface area contributed by atoms with Crippen LogP contribution in [0.3, 0.4) is 0 Å². The van der Waals surface area contributed by atoms with Gasteiger partial charge in [0, 0.05) is 16.8 Å². The maximum atomic E-state index is 13.5. The molecule has 0 bridgehead atoms. The van der Waals surface area contributed by atoms with Crippen molar-refractivity contribution in [1.29, 1.82) is 0 Å². The van der Waals surface area contributed by atoms with Crippen molar-refractivity contribution in [3.05, 3.63) is 34.6 Å². The first-order valence-corrected chi connectivity index (χ1v) is 7.29. The summed E-state index contributed by atoms with van der Waals surface area (Å²) in [5, 5.41) is 0.559. The van der Waals surface area contributed by atoms with Crippen LogP contribution in [0.4, 0.5) is 4.39 Å². The Morgan fingerprint density at radius 3 is 2.71 bits per heavy atom. The molecule has 1 unspecified atom stereocenters. The molecule has 0 aromatic heterocycles. The highest BCUT2D eigenvalue weighted by atomic mass is 35.5. The number of benzene rings is 1. The van der Waals surface area contributed by atoms with Crippen LogP contribution in [0.25, 0.3) is 0 Å². The van der Waals surface area contributed by atoms with Gasteiger partial charge in [-0.2, -0.15) is 11.8 Å². The van der Waals surface area contributed by atoms with E-state index in [9.17, 15) is 4.39 Å². The minimum absolute atomic E-state index is 0.0216. The molecule has 4 heteroatoms. The van der Waals surface area contributed by atoms with E-state index in [1.165, 1.54) is 6.07 Å². The van der Waals surface area contributed by atoms with Gasteiger partial charge in [0.1, 0.15) is 5.82 Å². The minimum Gasteiger partial charge on any atom is -0.327 e. The lowest BCUT2D eigenvalue weighted by atomic mass is 10.1. The zero-order valence-electron chi connectivity index (χ0n) is 10.2. The van der Waals surface area contributed by atoms with Crippen LogP contribution in [-0.2, 0) is 6.42 Å². The van der Waals surface area contributed by atoms with E-state index in [0.29, 0.717) is 22.9 Å². The van der Waals surface area contributed by atoms with Gasteiger partial charge in [0.15, 0.2) is 0 Å². The predicted octanol–water partition coefficient (Wildman–Crippen LogP) is 3.74. The van der Waals surface area contributed by atoms with Crippen LogP contribution < -0.4 is 5.73 Å². The Morgan fingerprint density at radius 1 is 1.35 bits per heavy atom. The van der Waals surface area contributed by atoms with Gasteiger partial charge in [0.25, 0.3) is 0 Å². The predicted molar refractivity (Wildman–Crippen MR) is 75.3 cm³/mol. The van der Waals surface area contributed by atoms with E-state index in [-0.39, 0.29) is 11.9 Å². The standard InChI is InChI=1S/C13H19ClFNS/c1-9(2)7-17-8-12(16)6-10-5-11(14)3-4-13(10)15/h3-5,9,12H,6-8,16H2,1-2H3. The molecule has 0 fully saturated rings. The fourth-order valence-electron chi connectivity index (χ4n) is 1.50. The Kier molecular flexibility index (Phi) is 6.31. The quantitative estimate of drug-likeness (QED) is 0.856. The van der Waals surface area contributed by atoms with E-state index >= 15 is 0 Å². The highest BCUT2D eigenvalue weighted by molar-refractivity contribution is 7.99. The molecule has 17 heavy (non-hydrogen) atoms. The van der Waals surface area contributed by atoms with E-state index in [2.05, 4.69) is 13.8 Å². The summed E-state index contributed by atoms with van der Waals surface area (Å²) in [4.78, 5) is 0. The number of rotatable bonds is 6. The first-order chi connectivity index (χ1) is 7.99. The van der Waals surface area contributed by atoms with Crippen molar-refractivity contribution in [1.82, 2.24) is 0 Å². The van der Waals surface area contributed by atoms with Crippen LogP contribution >= 0.6 is 23.4 Å². The molecule has 0 radical (unpaired) electrons. The molecule has 0 amide bonds. The Hall–Kier alpha value is -0.250. The number of halogens is 2. The summed E-state index contributed by atoms with van der Waals surface area (Å²) in [5.74, 6) is 2.38. The monoisotopic (exact) mass is 275 g/mol. The van der Waals surface area contributed by atoms with Crippen LogP contribution in [-0.4, -0.2) is 17.5 Å². The molecule has 1 atom stereocenters. The normalized spacial score (nSPS) is 13.1. The second-order valence-corrected chi connectivity index (χ2v) is 6.14. The van der Waals surface area contributed by atoms with Crippen molar-refractivity contribution in [3.63, 3.8) is 0 Å². The lowest BCUT2D eigenvalue weighted by Gasteiger charge is -2.13. The first kappa shape index (κ1) is 14.8. The third-order valence-electron chi connectivity index (χ3n) is 2.27. The van der Waals surface area contributed by atoms with E-state index in [0.717, 1.165) is 11.5 Å². The van der Waals surface area contributed by atoms with Gasteiger partial charge in [0.2, 0.25) is 0 Å². The van der Waals surface area contributed by atoms with Gasteiger partial charge in [0.05, 0.1) is 0 Å². The van der Waals surface area contributed by atoms with Crippen molar-refractivity contribution in [2.75, 3.05) is 11.5 Å². The molecule has 0 saturated carbocycles. The van der Waals surface area contributed by atoms with E-state index < -0.39 is 0 Å². The maximum absolute atomic E-state index is 13.5. The van der Waals surface area contributed by atoms with Crippen LogP contribution in [0.5, 0.6) is 0 Å². The van der Waals surface area contributed by atoms with E-state index in [4.69, 9.17) is 17.3 Å². The number of nitrogens with two attached hydrogens (primary N) is 1. The maximum Gasteiger partial charge on any atom is 0.126 e. The molecule has 2 N–H and O–H groups in total. The molecular weight excluding hydrogens is 257 g/mol. The molecule has 0 saturated heterocycles. The molecule has 1 rings (SSSR count). The van der Waals surface area contributed by atoms with Crippen molar-refractivity contribution >= 4 is 23.4 Å². The summed E-state index contributed by atoms with van der Waals surface area (Å²) in [7, 11) is 0. The Bertz CT molecular complexity index is 357. The fourth-order valence-corrected chi connectivity index (χ4v) is 2.72. The third-order valence-corrected chi connectivity index (χ3v) is 4.07. The largest absolute Gasteiger partial charge is 0.327 e. The summed E-state index contributed by atoms with van der Waals surface area (Å²) in [6, 6.07) is 4.58. The molecule has 0 aliphatic carbocycles. The Labute approximate surface area is 112 Å². The molecule has 1 aromatic rings. The molecule has 1 nitrogen and oxygen atoms in total. The molecule has 1 aromatic carbocycles. The Morgan fingerprint density at radius 2 is 2.06 bits per heavy atom. The van der Waals surface area contributed by atoms with E-state index in [1.54, 1.807) is 12.1 Å². The highest BCUT2D eigenvalue weighted by Gasteiger charge is 2.09. The van der Waals surface area contributed by atoms with E-state index in [1.807, 2.05) is 11.8 Å². The van der Waals surface area contributed by atoms with Crippen LogP contribution in [0.2, 0.25) is 5.02 Å². The minimum atomic E-state index is -0.223. The summed E-state index contributed by atoms with van der Waals surface area (Å²) in [6.45, 7) is 4.35. The van der Waals surface area contributed by atoms with Crippen molar-refractivity contribution in [2.24, 2.45) is 11.7 Å². The molecule has 0 spiro atoms. The second-order valence-electron chi connectivity index (χ2n) is 4.63. The molecule has 0 aliphatic heterocycles. The van der Waals surface area contributed by atoms with Gasteiger partial charge in [-0.15, -0.1) is 0 Å². The number of hydrogen-bond donors (Lipinski definition) is 1. The summed E-state index contributed by atoms with van der Waals surface area (Å²) in [5.41, 5.74) is 6.59. The van der Waals surface area contributed by atoms with Gasteiger partial charge in [-0.3, -0.25) is 0 Å². The third kappa shape index (κ3) is 5.75. The summed E-state index contributed by atoms with van der Waals surface area (Å²) in [6.07, 6.45) is 0.539. The van der Waals surface area contributed by atoms with Crippen molar-refractivity contribution in [2.45, 2.75) is 26.3 Å². The van der Waals surface area contributed by atoms with Crippen molar-refractivity contribution < 1.29 is 4.39 Å². The van der Waals surface area contributed by atoms with Gasteiger partial charge in [-0.25, -0.2) is 4.39 Å². The average Bonchev–Trinajstić information content (AvgIpc) is 2.23. The molecule has 0 heterocycles. The van der Waals surface area contributed by atoms with Gasteiger partial charge < -0.3 is 5.73 Å². The van der Waals surface area contributed by atoms with Gasteiger partial charge >= 0.3 is 0 Å².